The number of nitrogens with zero attached hydrogens (tertiary/aromatic N) is 2. The minimum atomic E-state index is -0.260. The van der Waals surface area contributed by atoms with Crippen LogP contribution in [0.4, 0.5) is 5.69 Å². The molecule has 0 bridgehead atoms. The van der Waals surface area contributed by atoms with Gasteiger partial charge in [-0.1, -0.05) is 0 Å². The van der Waals surface area contributed by atoms with Crippen molar-refractivity contribution >= 4 is 32.7 Å². The number of hydrogen-bond acceptors (Lipinski definition) is 4. The summed E-state index contributed by atoms with van der Waals surface area (Å²) in [6.45, 7) is 0. The molecule has 1 fully saturated rings. The summed E-state index contributed by atoms with van der Waals surface area (Å²) in [5, 5.41) is 13.2. The molecule has 0 aliphatic heterocycles. The van der Waals surface area contributed by atoms with Gasteiger partial charge in [-0.05, 0) is 47.3 Å². The molecule has 2 aromatic heterocycles. The quantitative estimate of drug-likeness (QED) is 0.895. The lowest BCUT2D eigenvalue weighted by molar-refractivity contribution is 0.172. The molecule has 5 heteroatoms. The molecule has 94 valence electrons. The van der Waals surface area contributed by atoms with Crippen LogP contribution < -0.4 is 5.32 Å². The van der Waals surface area contributed by atoms with Gasteiger partial charge < -0.3 is 10.4 Å². The predicted octanol–water partition coefficient (Wildman–Crippen LogP) is 2.72. The zero-order valence-electron chi connectivity index (χ0n) is 9.81. The van der Waals surface area contributed by atoms with Crippen LogP contribution in [0.5, 0.6) is 0 Å². The van der Waals surface area contributed by atoms with Crippen molar-refractivity contribution in [1.29, 1.82) is 0 Å². The molecule has 2 aromatic rings. The number of aliphatic hydroxyl groups excluding tert-OH is 1. The van der Waals surface area contributed by atoms with Crippen molar-refractivity contribution in [1.82, 2.24) is 9.97 Å². The lowest BCUT2D eigenvalue weighted by Crippen LogP contribution is -2.28. The third-order valence-electron chi connectivity index (χ3n) is 3.36. The van der Waals surface area contributed by atoms with E-state index in [1.165, 1.54) is 0 Å². The molecule has 18 heavy (non-hydrogen) atoms. The van der Waals surface area contributed by atoms with Crippen molar-refractivity contribution in [2.75, 3.05) is 5.32 Å². The van der Waals surface area contributed by atoms with Gasteiger partial charge in [0.2, 0.25) is 0 Å². The Labute approximate surface area is 114 Å². The maximum atomic E-state index is 9.86. The molecule has 3 rings (SSSR count). The molecule has 0 saturated heterocycles. The molecule has 1 aliphatic carbocycles. The van der Waals surface area contributed by atoms with E-state index in [1.54, 1.807) is 12.4 Å². The molecule has 0 amide bonds. The summed E-state index contributed by atoms with van der Waals surface area (Å²) >= 11 is 3.39. The minimum absolute atomic E-state index is 0.126. The van der Waals surface area contributed by atoms with Crippen LogP contribution in [0.2, 0.25) is 0 Å². The third-order valence-corrected chi connectivity index (χ3v) is 3.80. The predicted molar refractivity (Wildman–Crippen MR) is 74.5 cm³/mol. The van der Waals surface area contributed by atoms with E-state index >= 15 is 0 Å². The van der Waals surface area contributed by atoms with Gasteiger partial charge in [-0.3, -0.25) is 9.97 Å². The lowest BCUT2D eigenvalue weighted by Gasteiger charge is -2.18. The SMILES string of the molecule is O[C@H]1CCC[C@@H]1Nc1ccnc2cc(Br)cnc12. The van der Waals surface area contributed by atoms with E-state index in [1.807, 2.05) is 12.1 Å². The summed E-state index contributed by atoms with van der Waals surface area (Å²) in [5.41, 5.74) is 2.64. The maximum absolute atomic E-state index is 9.86. The van der Waals surface area contributed by atoms with E-state index in [-0.39, 0.29) is 12.1 Å². The van der Waals surface area contributed by atoms with Crippen molar-refractivity contribution in [3.63, 3.8) is 0 Å². The fraction of sp³-hybridized carbons (Fsp3) is 0.385. The fourth-order valence-electron chi connectivity index (χ4n) is 2.43. The zero-order valence-corrected chi connectivity index (χ0v) is 11.4. The molecule has 1 aliphatic rings. The first-order valence-electron chi connectivity index (χ1n) is 6.09. The van der Waals surface area contributed by atoms with Crippen LogP contribution in [0, 0.1) is 0 Å². The Morgan fingerprint density at radius 1 is 1.33 bits per heavy atom. The Bertz CT molecular complexity index is 575. The van der Waals surface area contributed by atoms with E-state index in [0.29, 0.717) is 0 Å². The second-order valence-corrected chi connectivity index (χ2v) is 5.54. The first-order chi connectivity index (χ1) is 8.74. The molecule has 0 spiro atoms. The number of aromatic nitrogens is 2. The smallest absolute Gasteiger partial charge is 0.112 e. The number of hydrogen-bond donors (Lipinski definition) is 2. The normalized spacial score (nSPS) is 23.4. The highest BCUT2D eigenvalue weighted by Gasteiger charge is 2.25. The van der Waals surface area contributed by atoms with Crippen molar-refractivity contribution in [3.05, 3.63) is 29.0 Å². The fourth-order valence-corrected chi connectivity index (χ4v) is 2.75. The van der Waals surface area contributed by atoms with Crippen LogP contribution in [0.25, 0.3) is 11.0 Å². The van der Waals surface area contributed by atoms with Gasteiger partial charge in [-0.2, -0.15) is 0 Å². The number of fused-ring (bicyclic) bond motifs is 1. The van der Waals surface area contributed by atoms with E-state index in [9.17, 15) is 5.11 Å². The van der Waals surface area contributed by atoms with Crippen LogP contribution in [-0.2, 0) is 0 Å². The maximum Gasteiger partial charge on any atom is 0.112 e. The van der Waals surface area contributed by atoms with Crippen LogP contribution in [0.15, 0.2) is 29.0 Å². The van der Waals surface area contributed by atoms with Gasteiger partial charge >= 0.3 is 0 Å². The monoisotopic (exact) mass is 307 g/mol. The Morgan fingerprint density at radius 3 is 3.00 bits per heavy atom. The van der Waals surface area contributed by atoms with Gasteiger partial charge in [0.15, 0.2) is 0 Å². The highest BCUT2D eigenvalue weighted by atomic mass is 79.9. The Morgan fingerprint density at radius 2 is 2.22 bits per heavy atom. The molecule has 2 atom stereocenters. The second-order valence-electron chi connectivity index (χ2n) is 4.63. The third kappa shape index (κ3) is 2.20. The molecule has 4 nitrogen and oxygen atoms in total. The largest absolute Gasteiger partial charge is 0.391 e. The van der Waals surface area contributed by atoms with Crippen molar-refractivity contribution in [2.24, 2.45) is 0 Å². The number of nitrogens with one attached hydrogen (secondary N) is 1. The number of aliphatic hydroxyl groups is 1. The summed E-state index contributed by atoms with van der Waals surface area (Å²) in [6.07, 6.45) is 6.21. The lowest BCUT2D eigenvalue weighted by atomic mass is 10.2. The minimum Gasteiger partial charge on any atom is -0.391 e. The van der Waals surface area contributed by atoms with E-state index < -0.39 is 0 Å². The number of rotatable bonds is 2. The van der Waals surface area contributed by atoms with Crippen molar-refractivity contribution < 1.29 is 5.11 Å². The summed E-state index contributed by atoms with van der Waals surface area (Å²) in [6, 6.07) is 3.98. The Hall–Kier alpha value is -1.20. The highest BCUT2D eigenvalue weighted by molar-refractivity contribution is 9.10. The molecule has 2 heterocycles. The second kappa shape index (κ2) is 4.82. The van der Waals surface area contributed by atoms with Crippen molar-refractivity contribution in [3.8, 4) is 0 Å². The van der Waals surface area contributed by atoms with Gasteiger partial charge in [-0.25, -0.2) is 0 Å². The van der Waals surface area contributed by atoms with Crippen molar-refractivity contribution in [2.45, 2.75) is 31.4 Å². The average molecular weight is 308 g/mol. The summed E-state index contributed by atoms with van der Waals surface area (Å²) in [5.74, 6) is 0. The first-order valence-corrected chi connectivity index (χ1v) is 6.88. The first kappa shape index (κ1) is 11.9. The van der Waals surface area contributed by atoms with Crippen LogP contribution in [0.1, 0.15) is 19.3 Å². The standard InChI is InChI=1S/C13H14BrN3O/c14-8-6-11-13(16-7-8)10(4-5-15-11)17-9-2-1-3-12(9)18/h4-7,9,12,18H,1-3H2,(H,15,17)/t9-,12-/m0/s1. The average Bonchev–Trinajstić information content (AvgIpc) is 2.75. The van der Waals surface area contributed by atoms with Crippen LogP contribution in [0.3, 0.4) is 0 Å². The van der Waals surface area contributed by atoms with Gasteiger partial charge in [-0.15, -0.1) is 0 Å². The van der Waals surface area contributed by atoms with Gasteiger partial charge in [0.05, 0.1) is 23.3 Å². The molecule has 0 radical (unpaired) electrons. The molecule has 1 saturated carbocycles. The number of anilines is 1. The molecular formula is C13H14BrN3O. The molecular weight excluding hydrogens is 294 g/mol. The summed E-state index contributed by atoms with van der Waals surface area (Å²) in [4.78, 5) is 8.70. The molecule has 0 aromatic carbocycles. The van der Waals surface area contributed by atoms with Gasteiger partial charge in [0, 0.05) is 16.9 Å². The van der Waals surface area contributed by atoms with Gasteiger partial charge in [0.25, 0.3) is 0 Å². The molecule has 0 unspecified atom stereocenters. The van der Waals surface area contributed by atoms with E-state index in [2.05, 4.69) is 31.2 Å². The van der Waals surface area contributed by atoms with E-state index in [0.717, 1.165) is 40.5 Å². The number of halogens is 1. The highest BCUT2D eigenvalue weighted by Crippen LogP contribution is 2.27. The number of pyridine rings is 2. The van der Waals surface area contributed by atoms with Crippen LogP contribution >= 0.6 is 15.9 Å². The van der Waals surface area contributed by atoms with E-state index in [4.69, 9.17) is 0 Å². The summed E-state index contributed by atoms with van der Waals surface area (Å²) in [7, 11) is 0. The van der Waals surface area contributed by atoms with Crippen LogP contribution in [-0.4, -0.2) is 27.2 Å². The molecule has 2 N–H and O–H groups in total. The topological polar surface area (TPSA) is 58.0 Å². The zero-order chi connectivity index (χ0) is 12.5. The Balaban J connectivity index is 1.96. The van der Waals surface area contributed by atoms with Gasteiger partial charge in [0.1, 0.15) is 5.52 Å². The Kier molecular flexibility index (Phi) is 3.18. The summed E-state index contributed by atoms with van der Waals surface area (Å²) < 4.78 is 0.917.